The molecule has 0 fully saturated rings. The number of carbonyl (C=O) groups excluding carboxylic acids is 1. The SMILES string of the molecule is CCn1c(SC(C)C(=O)Nc2cccnc2)nnc1-c1cc2cccc(OC)c2o1. The average Bonchev–Trinajstić information content (AvgIpc) is 3.37. The number of rotatable bonds is 7. The van der Waals surface area contributed by atoms with Crippen LogP contribution in [0.25, 0.3) is 22.6 Å². The van der Waals surface area contributed by atoms with Gasteiger partial charge in [-0.1, -0.05) is 23.9 Å². The van der Waals surface area contributed by atoms with Crippen LogP contribution in [0.4, 0.5) is 5.69 Å². The Hall–Kier alpha value is -3.33. The lowest BCUT2D eigenvalue weighted by molar-refractivity contribution is -0.115. The third kappa shape index (κ3) is 3.88. The fourth-order valence-corrected chi connectivity index (χ4v) is 3.96. The second-order valence-electron chi connectivity index (χ2n) is 6.53. The van der Waals surface area contributed by atoms with Crippen LogP contribution in [-0.2, 0) is 11.3 Å². The van der Waals surface area contributed by atoms with Crippen LogP contribution in [0.5, 0.6) is 5.75 Å². The standard InChI is InChI=1S/C21H21N5O3S/c1-4-26-19(17-11-14-7-5-9-16(28-3)18(14)29-17)24-25-21(26)30-13(2)20(27)23-15-8-6-10-22-12-15/h5-13H,4H2,1-3H3,(H,23,27). The summed E-state index contributed by atoms with van der Waals surface area (Å²) in [6, 6.07) is 11.2. The van der Waals surface area contributed by atoms with Gasteiger partial charge < -0.3 is 14.5 Å². The molecule has 9 heteroatoms. The van der Waals surface area contributed by atoms with Gasteiger partial charge in [-0.3, -0.25) is 14.3 Å². The van der Waals surface area contributed by atoms with E-state index < -0.39 is 0 Å². The second-order valence-corrected chi connectivity index (χ2v) is 7.84. The number of carbonyl (C=O) groups is 1. The van der Waals surface area contributed by atoms with E-state index in [1.54, 1.807) is 31.6 Å². The Bertz CT molecular complexity index is 1170. The van der Waals surface area contributed by atoms with Crippen LogP contribution >= 0.6 is 11.8 Å². The van der Waals surface area contributed by atoms with Crippen molar-refractivity contribution in [2.24, 2.45) is 0 Å². The number of hydrogen-bond acceptors (Lipinski definition) is 7. The van der Waals surface area contributed by atoms with Crippen molar-refractivity contribution in [3.63, 3.8) is 0 Å². The lowest BCUT2D eigenvalue weighted by atomic mass is 10.2. The summed E-state index contributed by atoms with van der Waals surface area (Å²) >= 11 is 1.34. The molecule has 4 rings (SSSR count). The fourth-order valence-electron chi connectivity index (χ4n) is 3.04. The average molecular weight is 423 g/mol. The van der Waals surface area contributed by atoms with Gasteiger partial charge >= 0.3 is 0 Å². The maximum absolute atomic E-state index is 12.5. The van der Waals surface area contributed by atoms with Crippen LogP contribution < -0.4 is 10.1 Å². The van der Waals surface area contributed by atoms with E-state index in [9.17, 15) is 4.79 Å². The largest absolute Gasteiger partial charge is 0.493 e. The molecule has 0 aliphatic heterocycles. The molecule has 0 aliphatic carbocycles. The lowest BCUT2D eigenvalue weighted by Gasteiger charge is -2.12. The molecule has 0 aliphatic rings. The number of hydrogen-bond donors (Lipinski definition) is 1. The van der Waals surface area contributed by atoms with E-state index in [1.807, 2.05) is 42.7 Å². The van der Waals surface area contributed by atoms with E-state index in [2.05, 4.69) is 20.5 Å². The topological polar surface area (TPSA) is 95.1 Å². The van der Waals surface area contributed by atoms with Crippen molar-refractivity contribution in [2.75, 3.05) is 12.4 Å². The van der Waals surface area contributed by atoms with Crippen LogP contribution in [0.15, 0.2) is 58.4 Å². The minimum atomic E-state index is -0.372. The molecule has 4 aromatic rings. The molecule has 0 bridgehead atoms. The highest BCUT2D eigenvalue weighted by molar-refractivity contribution is 8.00. The first-order valence-electron chi connectivity index (χ1n) is 9.48. The number of pyridine rings is 1. The number of furan rings is 1. The number of amides is 1. The molecule has 1 atom stereocenters. The number of para-hydroxylation sites is 1. The molecule has 0 saturated carbocycles. The summed E-state index contributed by atoms with van der Waals surface area (Å²) in [5, 5.41) is 12.7. The van der Waals surface area contributed by atoms with E-state index in [0.29, 0.717) is 40.3 Å². The minimum Gasteiger partial charge on any atom is -0.493 e. The highest BCUT2D eigenvalue weighted by Gasteiger charge is 2.22. The van der Waals surface area contributed by atoms with Gasteiger partial charge in [-0.05, 0) is 38.1 Å². The third-order valence-corrected chi connectivity index (χ3v) is 5.64. The molecule has 1 N–H and O–H groups in total. The molecule has 154 valence electrons. The predicted molar refractivity (Wildman–Crippen MR) is 116 cm³/mol. The zero-order chi connectivity index (χ0) is 21.1. The Kier molecular flexibility index (Phi) is 5.71. The van der Waals surface area contributed by atoms with Crippen molar-refractivity contribution >= 4 is 34.3 Å². The zero-order valence-corrected chi connectivity index (χ0v) is 17.6. The van der Waals surface area contributed by atoms with Crippen LogP contribution in [-0.4, -0.2) is 38.0 Å². The van der Waals surface area contributed by atoms with Gasteiger partial charge in [-0.2, -0.15) is 0 Å². The number of nitrogens with one attached hydrogen (secondary N) is 1. The molecule has 3 heterocycles. The number of methoxy groups -OCH3 is 1. The predicted octanol–water partition coefficient (Wildman–Crippen LogP) is 4.23. The van der Waals surface area contributed by atoms with Gasteiger partial charge in [0, 0.05) is 18.1 Å². The molecule has 30 heavy (non-hydrogen) atoms. The number of nitrogens with zero attached hydrogens (tertiary/aromatic N) is 4. The van der Waals surface area contributed by atoms with Gasteiger partial charge in [0.15, 0.2) is 22.2 Å². The molecular formula is C21H21N5O3S. The van der Waals surface area contributed by atoms with Crippen molar-refractivity contribution in [3.05, 3.63) is 48.8 Å². The Labute approximate surface area is 177 Å². The quantitative estimate of drug-likeness (QED) is 0.444. The van der Waals surface area contributed by atoms with Gasteiger partial charge in [0.25, 0.3) is 0 Å². The van der Waals surface area contributed by atoms with Crippen LogP contribution in [0.3, 0.4) is 0 Å². The molecule has 3 aromatic heterocycles. The van der Waals surface area contributed by atoms with E-state index in [4.69, 9.17) is 9.15 Å². The Morgan fingerprint density at radius 3 is 2.90 bits per heavy atom. The molecule has 0 spiro atoms. The van der Waals surface area contributed by atoms with Gasteiger partial charge in [-0.15, -0.1) is 10.2 Å². The molecule has 1 amide bonds. The van der Waals surface area contributed by atoms with Crippen LogP contribution in [0.2, 0.25) is 0 Å². The van der Waals surface area contributed by atoms with Gasteiger partial charge in [0.05, 0.1) is 24.2 Å². The maximum Gasteiger partial charge on any atom is 0.237 e. The smallest absolute Gasteiger partial charge is 0.237 e. The van der Waals surface area contributed by atoms with Crippen molar-refractivity contribution in [1.29, 1.82) is 0 Å². The van der Waals surface area contributed by atoms with Crippen molar-refractivity contribution in [2.45, 2.75) is 30.8 Å². The number of benzene rings is 1. The first-order chi connectivity index (χ1) is 14.6. The number of aromatic nitrogens is 4. The van der Waals surface area contributed by atoms with Crippen molar-refractivity contribution in [3.8, 4) is 17.3 Å². The monoisotopic (exact) mass is 423 g/mol. The minimum absolute atomic E-state index is 0.131. The highest BCUT2D eigenvalue weighted by atomic mass is 32.2. The summed E-state index contributed by atoms with van der Waals surface area (Å²) in [6.07, 6.45) is 3.27. The Morgan fingerprint density at radius 2 is 2.17 bits per heavy atom. The zero-order valence-electron chi connectivity index (χ0n) is 16.8. The first kappa shape index (κ1) is 20.0. The van der Waals surface area contributed by atoms with E-state index in [0.717, 1.165) is 5.39 Å². The molecule has 0 radical (unpaired) electrons. The van der Waals surface area contributed by atoms with Gasteiger partial charge in [-0.25, -0.2) is 0 Å². The Balaban J connectivity index is 1.57. The van der Waals surface area contributed by atoms with E-state index in [-0.39, 0.29) is 11.2 Å². The Morgan fingerprint density at radius 1 is 1.30 bits per heavy atom. The van der Waals surface area contributed by atoms with Crippen LogP contribution in [0.1, 0.15) is 13.8 Å². The highest BCUT2D eigenvalue weighted by Crippen LogP contribution is 2.34. The number of anilines is 1. The summed E-state index contributed by atoms with van der Waals surface area (Å²) in [4.78, 5) is 16.5. The number of thioether (sulfide) groups is 1. The molecule has 1 aromatic carbocycles. The normalized spacial score (nSPS) is 12.1. The molecular weight excluding hydrogens is 402 g/mol. The van der Waals surface area contributed by atoms with Crippen LogP contribution in [0, 0.1) is 0 Å². The van der Waals surface area contributed by atoms with Crippen molar-refractivity contribution < 1.29 is 13.9 Å². The summed E-state index contributed by atoms with van der Waals surface area (Å²) in [7, 11) is 1.61. The van der Waals surface area contributed by atoms with E-state index in [1.165, 1.54) is 11.8 Å². The summed E-state index contributed by atoms with van der Waals surface area (Å²) in [5.74, 6) is 1.74. The van der Waals surface area contributed by atoms with Gasteiger partial charge in [0.2, 0.25) is 11.7 Å². The van der Waals surface area contributed by atoms with Gasteiger partial charge in [0.1, 0.15) is 0 Å². The summed E-state index contributed by atoms with van der Waals surface area (Å²) in [5.41, 5.74) is 1.32. The molecule has 8 nitrogen and oxygen atoms in total. The summed E-state index contributed by atoms with van der Waals surface area (Å²) < 4.78 is 13.3. The van der Waals surface area contributed by atoms with Crippen molar-refractivity contribution in [1.82, 2.24) is 19.7 Å². The molecule has 0 saturated heterocycles. The fraction of sp³-hybridized carbons (Fsp3) is 0.238. The summed E-state index contributed by atoms with van der Waals surface area (Å²) in [6.45, 7) is 4.47. The van der Waals surface area contributed by atoms with E-state index >= 15 is 0 Å². The third-order valence-electron chi connectivity index (χ3n) is 4.56. The lowest BCUT2D eigenvalue weighted by Crippen LogP contribution is -2.23. The first-order valence-corrected chi connectivity index (χ1v) is 10.4. The second kappa shape index (κ2) is 8.58. The number of fused-ring (bicyclic) bond motifs is 1. The molecule has 1 unspecified atom stereocenters. The maximum atomic E-state index is 12.5. The number of ether oxygens (including phenoxy) is 1.